The topological polar surface area (TPSA) is 71.1 Å². The van der Waals surface area contributed by atoms with Crippen LogP contribution in [0.25, 0.3) is 0 Å². The Morgan fingerprint density at radius 2 is 1.84 bits per heavy atom. The van der Waals surface area contributed by atoms with Crippen molar-refractivity contribution in [2.24, 2.45) is 5.92 Å². The lowest BCUT2D eigenvalue weighted by atomic mass is 10.1. The number of pyridine rings is 1. The summed E-state index contributed by atoms with van der Waals surface area (Å²) in [6.45, 7) is 7.26. The maximum absolute atomic E-state index is 12.3. The maximum atomic E-state index is 12.3. The molecule has 0 unspecified atom stereocenters. The normalized spacial score (nSPS) is 10.6. The molecule has 0 aliphatic heterocycles. The van der Waals surface area contributed by atoms with E-state index in [0.717, 1.165) is 17.5 Å². The van der Waals surface area contributed by atoms with Crippen LogP contribution in [0.15, 0.2) is 42.6 Å². The van der Waals surface area contributed by atoms with Crippen molar-refractivity contribution in [1.29, 1.82) is 0 Å². The van der Waals surface area contributed by atoms with E-state index in [1.165, 1.54) is 12.3 Å². The number of hydrogen-bond donors (Lipinski definition) is 2. The van der Waals surface area contributed by atoms with Crippen molar-refractivity contribution < 1.29 is 9.59 Å². The van der Waals surface area contributed by atoms with Gasteiger partial charge < -0.3 is 10.6 Å². The lowest BCUT2D eigenvalue weighted by Gasteiger charge is -2.09. The van der Waals surface area contributed by atoms with Crippen LogP contribution in [0.5, 0.6) is 0 Å². The van der Waals surface area contributed by atoms with Crippen molar-refractivity contribution >= 4 is 11.8 Å². The molecular weight excluding hydrogens is 314 g/mol. The lowest BCUT2D eigenvalue weighted by molar-refractivity contribution is 0.0946. The molecule has 2 N–H and O–H groups in total. The molecule has 0 radical (unpaired) electrons. The van der Waals surface area contributed by atoms with E-state index in [-0.39, 0.29) is 17.5 Å². The Morgan fingerprint density at radius 1 is 1.08 bits per heavy atom. The summed E-state index contributed by atoms with van der Waals surface area (Å²) >= 11 is 0. The van der Waals surface area contributed by atoms with Crippen LogP contribution < -0.4 is 10.6 Å². The van der Waals surface area contributed by atoms with Crippen molar-refractivity contribution in [3.05, 3.63) is 65.0 Å². The Balaban J connectivity index is 1.96. The molecule has 0 bridgehead atoms. The number of aromatic nitrogens is 1. The zero-order valence-electron chi connectivity index (χ0n) is 15.0. The molecule has 0 fully saturated rings. The third-order valence-electron chi connectivity index (χ3n) is 3.96. The van der Waals surface area contributed by atoms with E-state index in [0.29, 0.717) is 24.6 Å². The standard InChI is InChI=1S/C20H25N3O2/c1-14(2)8-10-22-19(24)16-9-11-21-18(12-16)20(25)23-13-17-7-5-4-6-15(17)3/h4-7,9,11-12,14H,8,10,13H2,1-3H3,(H,22,24)(H,23,25). The van der Waals surface area contributed by atoms with E-state index in [4.69, 9.17) is 0 Å². The van der Waals surface area contributed by atoms with Gasteiger partial charge in [-0.15, -0.1) is 0 Å². The molecule has 1 heterocycles. The van der Waals surface area contributed by atoms with E-state index < -0.39 is 0 Å². The summed E-state index contributed by atoms with van der Waals surface area (Å²) in [6, 6.07) is 11.0. The molecule has 2 aromatic rings. The van der Waals surface area contributed by atoms with Crippen LogP contribution in [0.4, 0.5) is 0 Å². The number of rotatable bonds is 7. The van der Waals surface area contributed by atoms with E-state index >= 15 is 0 Å². The van der Waals surface area contributed by atoms with Gasteiger partial charge in [0, 0.05) is 24.8 Å². The number of aryl methyl sites for hydroxylation is 1. The van der Waals surface area contributed by atoms with Crippen LogP contribution in [0.1, 0.15) is 52.2 Å². The molecule has 1 aromatic carbocycles. The first-order valence-electron chi connectivity index (χ1n) is 8.54. The van der Waals surface area contributed by atoms with Crippen LogP contribution >= 0.6 is 0 Å². The third kappa shape index (κ3) is 5.71. The molecule has 2 rings (SSSR count). The van der Waals surface area contributed by atoms with Crippen LogP contribution in [0.3, 0.4) is 0 Å². The zero-order chi connectivity index (χ0) is 18.2. The monoisotopic (exact) mass is 339 g/mol. The SMILES string of the molecule is Cc1ccccc1CNC(=O)c1cc(C(=O)NCCC(C)C)ccn1. The first-order valence-corrected chi connectivity index (χ1v) is 8.54. The number of hydrogen-bond acceptors (Lipinski definition) is 3. The Kier molecular flexibility index (Phi) is 6.69. The molecule has 0 saturated heterocycles. The summed E-state index contributed by atoms with van der Waals surface area (Å²) in [7, 11) is 0. The number of benzene rings is 1. The van der Waals surface area contributed by atoms with Crippen LogP contribution in [-0.2, 0) is 6.54 Å². The predicted octanol–water partition coefficient (Wildman–Crippen LogP) is 3.10. The van der Waals surface area contributed by atoms with E-state index in [9.17, 15) is 9.59 Å². The summed E-state index contributed by atoms with van der Waals surface area (Å²) in [4.78, 5) is 28.5. The Hall–Kier alpha value is -2.69. The molecular formula is C20H25N3O2. The number of nitrogens with zero attached hydrogens (tertiary/aromatic N) is 1. The highest BCUT2D eigenvalue weighted by Gasteiger charge is 2.12. The van der Waals surface area contributed by atoms with Gasteiger partial charge in [-0.2, -0.15) is 0 Å². The fraction of sp³-hybridized carbons (Fsp3) is 0.350. The first kappa shape index (κ1) is 18.6. The second-order valence-corrected chi connectivity index (χ2v) is 6.48. The second kappa shape index (κ2) is 8.97. The molecule has 25 heavy (non-hydrogen) atoms. The molecule has 0 atom stereocenters. The minimum atomic E-state index is -0.292. The van der Waals surface area contributed by atoms with Crippen molar-refractivity contribution in [2.75, 3.05) is 6.54 Å². The van der Waals surface area contributed by atoms with Gasteiger partial charge in [0.1, 0.15) is 5.69 Å². The summed E-state index contributed by atoms with van der Waals surface area (Å²) < 4.78 is 0. The zero-order valence-corrected chi connectivity index (χ0v) is 15.0. The molecule has 5 nitrogen and oxygen atoms in total. The third-order valence-corrected chi connectivity index (χ3v) is 3.96. The summed E-state index contributed by atoms with van der Waals surface area (Å²) in [5.41, 5.74) is 2.86. The van der Waals surface area contributed by atoms with Crippen molar-refractivity contribution in [3.63, 3.8) is 0 Å². The largest absolute Gasteiger partial charge is 0.352 e. The second-order valence-electron chi connectivity index (χ2n) is 6.48. The van der Waals surface area contributed by atoms with Crippen LogP contribution in [0, 0.1) is 12.8 Å². The molecule has 0 spiro atoms. The quantitative estimate of drug-likeness (QED) is 0.814. The summed E-state index contributed by atoms with van der Waals surface area (Å²) in [5.74, 6) is 0.0524. The van der Waals surface area contributed by atoms with E-state index in [1.54, 1.807) is 6.07 Å². The van der Waals surface area contributed by atoms with E-state index in [2.05, 4.69) is 29.5 Å². The molecule has 132 valence electrons. The number of amides is 2. The van der Waals surface area contributed by atoms with Gasteiger partial charge in [0.05, 0.1) is 0 Å². The molecule has 0 aliphatic rings. The number of nitrogens with one attached hydrogen (secondary N) is 2. The van der Waals surface area contributed by atoms with Crippen LogP contribution in [0.2, 0.25) is 0 Å². The molecule has 5 heteroatoms. The van der Waals surface area contributed by atoms with Crippen molar-refractivity contribution in [3.8, 4) is 0 Å². The first-order chi connectivity index (χ1) is 12.0. The maximum Gasteiger partial charge on any atom is 0.270 e. The predicted molar refractivity (Wildman–Crippen MR) is 98.4 cm³/mol. The van der Waals surface area contributed by atoms with Crippen molar-refractivity contribution in [1.82, 2.24) is 15.6 Å². The van der Waals surface area contributed by atoms with Gasteiger partial charge in [0.2, 0.25) is 0 Å². The molecule has 0 saturated carbocycles. The van der Waals surface area contributed by atoms with Gasteiger partial charge >= 0.3 is 0 Å². The highest BCUT2D eigenvalue weighted by atomic mass is 16.2. The summed E-state index contributed by atoms with van der Waals surface area (Å²) in [5, 5.41) is 5.71. The molecule has 2 amide bonds. The van der Waals surface area contributed by atoms with Gasteiger partial charge in [-0.05, 0) is 42.5 Å². The number of carbonyl (C=O) groups excluding carboxylic acids is 2. The highest BCUT2D eigenvalue weighted by Crippen LogP contribution is 2.07. The Bertz CT molecular complexity index is 741. The van der Waals surface area contributed by atoms with Gasteiger partial charge in [0.25, 0.3) is 11.8 Å². The van der Waals surface area contributed by atoms with Crippen LogP contribution in [-0.4, -0.2) is 23.3 Å². The lowest BCUT2D eigenvalue weighted by Crippen LogP contribution is -2.27. The van der Waals surface area contributed by atoms with Gasteiger partial charge in [-0.1, -0.05) is 38.1 Å². The van der Waals surface area contributed by atoms with Gasteiger partial charge in [-0.25, -0.2) is 0 Å². The summed E-state index contributed by atoms with van der Waals surface area (Å²) in [6.07, 6.45) is 2.40. The van der Waals surface area contributed by atoms with Gasteiger partial charge in [-0.3, -0.25) is 14.6 Å². The fourth-order valence-electron chi connectivity index (χ4n) is 2.35. The smallest absolute Gasteiger partial charge is 0.270 e. The average Bonchev–Trinajstić information content (AvgIpc) is 2.60. The molecule has 0 aliphatic carbocycles. The average molecular weight is 339 g/mol. The fourth-order valence-corrected chi connectivity index (χ4v) is 2.35. The Morgan fingerprint density at radius 3 is 2.56 bits per heavy atom. The minimum absolute atomic E-state index is 0.184. The highest BCUT2D eigenvalue weighted by molar-refractivity contribution is 5.98. The van der Waals surface area contributed by atoms with E-state index in [1.807, 2.05) is 31.2 Å². The van der Waals surface area contributed by atoms with Crippen molar-refractivity contribution in [2.45, 2.75) is 33.7 Å². The van der Waals surface area contributed by atoms with Gasteiger partial charge in [0.15, 0.2) is 0 Å². The molecule has 1 aromatic heterocycles. The number of carbonyl (C=O) groups is 2. The Labute approximate surface area is 148 Å². The minimum Gasteiger partial charge on any atom is -0.352 e.